The molecule has 3 heteroatoms. The lowest BCUT2D eigenvalue weighted by Gasteiger charge is -2.51. The van der Waals surface area contributed by atoms with E-state index in [1.807, 2.05) is 0 Å². The van der Waals surface area contributed by atoms with Gasteiger partial charge >= 0.3 is 0 Å². The van der Waals surface area contributed by atoms with Crippen LogP contribution in [0.25, 0.3) is 0 Å². The molecule has 2 nitrogen and oxygen atoms in total. The summed E-state index contributed by atoms with van der Waals surface area (Å²) >= 11 is 0. The quantitative estimate of drug-likeness (QED) is 0.551. The SMILES string of the molecule is C=C[C@H]1C[C@H]2C=CC[C@H](O)C23CCC[C@]13CO[Si](C)(C)C(C)(C)C. The third kappa shape index (κ3) is 2.34. The van der Waals surface area contributed by atoms with Gasteiger partial charge in [-0.1, -0.05) is 45.4 Å². The van der Waals surface area contributed by atoms with Gasteiger partial charge in [-0.15, -0.1) is 6.58 Å². The zero-order valence-electron chi connectivity index (χ0n) is 16.3. The van der Waals surface area contributed by atoms with Crippen LogP contribution in [-0.4, -0.2) is 26.1 Å². The lowest BCUT2D eigenvalue weighted by molar-refractivity contribution is -0.0861. The van der Waals surface area contributed by atoms with Gasteiger partial charge in [-0.2, -0.15) is 0 Å². The predicted molar refractivity (Wildman–Crippen MR) is 103 cm³/mol. The highest BCUT2D eigenvalue weighted by atomic mass is 28.4. The zero-order chi connectivity index (χ0) is 17.8. The third-order valence-corrected chi connectivity index (χ3v) is 12.6. The minimum absolute atomic E-state index is 0.0168. The van der Waals surface area contributed by atoms with Crippen LogP contribution in [0.1, 0.15) is 52.9 Å². The summed E-state index contributed by atoms with van der Waals surface area (Å²) in [6, 6.07) is 0. The molecule has 0 aromatic rings. The number of aliphatic hydroxyl groups excluding tert-OH is 1. The van der Waals surface area contributed by atoms with E-state index in [1.165, 1.54) is 12.8 Å². The molecule has 0 heterocycles. The Morgan fingerprint density at radius 1 is 1.33 bits per heavy atom. The first kappa shape index (κ1) is 18.4. The molecule has 0 bridgehead atoms. The molecule has 3 aliphatic rings. The topological polar surface area (TPSA) is 29.5 Å². The van der Waals surface area contributed by atoms with Gasteiger partial charge in [0.25, 0.3) is 0 Å². The molecule has 0 aromatic carbocycles. The van der Waals surface area contributed by atoms with Crippen molar-refractivity contribution in [1.82, 2.24) is 0 Å². The van der Waals surface area contributed by atoms with Crippen molar-refractivity contribution >= 4 is 8.32 Å². The van der Waals surface area contributed by atoms with E-state index in [0.29, 0.717) is 11.8 Å². The van der Waals surface area contributed by atoms with Gasteiger partial charge < -0.3 is 9.53 Å². The summed E-state index contributed by atoms with van der Waals surface area (Å²) in [6.45, 7) is 16.6. The van der Waals surface area contributed by atoms with Gasteiger partial charge in [0, 0.05) is 17.4 Å². The number of allylic oxidation sites excluding steroid dienone is 2. The van der Waals surface area contributed by atoms with Gasteiger partial charge in [0.15, 0.2) is 8.32 Å². The number of rotatable bonds is 4. The van der Waals surface area contributed by atoms with Crippen LogP contribution in [0.2, 0.25) is 18.1 Å². The summed E-state index contributed by atoms with van der Waals surface area (Å²) in [5, 5.41) is 11.3. The maximum Gasteiger partial charge on any atom is 0.192 e. The molecule has 24 heavy (non-hydrogen) atoms. The molecule has 2 saturated carbocycles. The number of hydrogen-bond donors (Lipinski definition) is 1. The average Bonchev–Trinajstić information content (AvgIpc) is 2.98. The highest BCUT2D eigenvalue weighted by Crippen LogP contribution is 2.71. The first-order valence-corrected chi connectivity index (χ1v) is 12.6. The van der Waals surface area contributed by atoms with Crippen molar-refractivity contribution < 1.29 is 9.53 Å². The van der Waals surface area contributed by atoms with Crippen LogP contribution < -0.4 is 0 Å². The summed E-state index contributed by atoms with van der Waals surface area (Å²) in [7, 11) is -1.80. The summed E-state index contributed by atoms with van der Waals surface area (Å²) in [5.41, 5.74) is 0.0993. The van der Waals surface area contributed by atoms with Crippen molar-refractivity contribution in [3.8, 4) is 0 Å². The Hall–Kier alpha value is -0.383. The Bertz CT molecular complexity index is 532. The second-order valence-electron chi connectivity index (χ2n) is 9.96. The smallest absolute Gasteiger partial charge is 0.192 e. The Kier molecular flexibility index (Phi) is 4.46. The fourth-order valence-corrected chi connectivity index (χ4v) is 6.76. The van der Waals surface area contributed by atoms with Crippen molar-refractivity contribution in [2.45, 2.75) is 77.1 Å². The van der Waals surface area contributed by atoms with Gasteiger partial charge in [-0.3, -0.25) is 0 Å². The number of hydrogen-bond acceptors (Lipinski definition) is 2. The molecule has 2 fully saturated rings. The van der Waals surface area contributed by atoms with E-state index in [1.54, 1.807) is 0 Å². The molecule has 3 rings (SSSR count). The van der Waals surface area contributed by atoms with Crippen LogP contribution in [-0.2, 0) is 4.43 Å². The van der Waals surface area contributed by atoms with Crippen molar-refractivity contribution in [3.05, 3.63) is 24.8 Å². The second-order valence-corrected chi connectivity index (χ2v) is 14.8. The number of aliphatic hydroxyl groups is 1. The lowest BCUT2D eigenvalue weighted by atomic mass is 9.57. The molecule has 1 N–H and O–H groups in total. The first-order chi connectivity index (χ1) is 11.1. The predicted octanol–water partition coefficient (Wildman–Crippen LogP) is 5.31. The minimum Gasteiger partial charge on any atom is -0.416 e. The summed E-state index contributed by atoms with van der Waals surface area (Å²) < 4.78 is 6.76. The van der Waals surface area contributed by atoms with Gasteiger partial charge in [-0.25, -0.2) is 0 Å². The molecule has 1 spiro atoms. The molecule has 0 aliphatic heterocycles. The van der Waals surface area contributed by atoms with Crippen LogP contribution >= 0.6 is 0 Å². The lowest BCUT2D eigenvalue weighted by Crippen LogP contribution is -2.53. The van der Waals surface area contributed by atoms with Crippen molar-refractivity contribution in [2.75, 3.05) is 6.61 Å². The molecule has 1 unspecified atom stereocenters. The molecular weight excluding hydrogens is 312 g/mol. The molecule has 0 aromatic heterocycles. The van der Waals surface area contributed by atoms with Crippen LogP contribution in [0, 0.1) is 22.7 Å². The third-order valence-electron chi connectivity index (χ3n) is 8.12. The zero-order valence-corrected chi connectivity index (χ0v) is 17.3. The molecule has 3 aliphatic carbocycles. The normalized spacial score (nSPS) is 42.0. The maximum atomic E-state index is 11.1. The monoisotopic (exact) mass is 348 g/mol. The van der Waals surface area contributed by atoms with Crippen molar-refractivity contribution in [3.63, 3.8) is 0 Å². The minimum atomic E-state index is -1.80. The maximum absolute atomic E-state index is 11.1. The van der Waals surface area contributed by atoms with Crippen LogP contribution in [0.4, 0.5) is 0 Å². The standard InChI is InChI=1S/C21H36O2Si/c1-7-16-14-17-10-8-11-18(22)21(17)13-9-12-20(16,21)15-23-24(5,6)19(2,3)4/h7-8,10,16-18,22H,1,9,11-15H2,2-6H3/t16-,17+,18-,20-,21?/m0/s1. The molecular formula is C21H36O2Si. The van der Waals surface area contributed by atoms with E-state index in [0.717, 1.165) is 25.9 Å². The van der Waals surface area contributed by atoms with Crippen molar-refractivity contribution in [1.29, 1.82) is 0 Å². The Balaban J connectivity index is 1.96. The summed E-state index contributed by atoms with van der Waals surface area (Å²) in [5.74, 6) is 0.960. The van der Waals surface area contributed by atoms with E-state index in [9.17, 15) is 5.11 Å². The van der Waals surface area contributed by atoms with Gasteiger partial charge in [0.2, 0.25) is 0 Å². The highest BCUT2D eigenvalue weighted by molar-refractivity contribution is 6.74. The Morgan fingerprint density at radius 3 is 2.67 bits per heavy atom. The van der Waals surface area contributed by atoms with E-state index in [2.05, 4.69) is 58.7 Å². The Labute approximate surface area is 149 Å². The molecule has 0 saturated heterocycles. The fourth-order valence-electron chi connectivity index (χ4n) is 5.71. The average molecular weight is 349 g/mol. The Morgan fingerprint density at radius 2 is 2.04 bits per heavy atom. The van der Waals surface area contributed by atoms with E-state index < -0.39 is 8.32 Å². The fraction of sp³-hybridized carbons (Fsp3) is 0.810. The van der Waals surface area contributed by atoms with E-state index >= 15 is 0 Å². The van der Waals surface area contributed by atoms with E-state index in [-0.39, 0.29) is 22.0 Å². The van der Waals surface area contributed by atoms with E-state index in [4.69, 9.17) is 4.43 Å². The largest absolute Gasteiger partial charge is 0.416 e. The van der Waals surface area contributed by atoms with Crippen LogP contribution in [0.3, 0.4) is 0 Å². The summed E-state index contributed by atoms with van der Waals surface area (Å²) in [4.78, 5) is 0. The van der Waals surface area contributed by atoms with Crippen molar-refractivity contribution in [2.24, 2.45) is 22.7 Å². The molecule has 0 radical (unpaired) electrons. The summed E-state index contributed by atoms with van der Waals surface area (Å²) in [6.07, 6.45) is 12.0. The molecule has 0 amide bonds. The van der Waals surface area contributed by atoms with Gasteiger partial charge in [0.1, 0.15) is 0 Å². The molecule has 136 valence electrons. The highest BCUT2D eigenvalue weighted by Gasteiger charge is 2.68. The first-order valence-electron chi connectivity index (χ1n) is 9.72. The van der Waals surface area contributed by atoms with Crippen LogP contribution in [0.5, 0.6) is 0 Å². The van der Waals surface area contributed by atoms with Crippen LogP contribution in [0.15, 0.2) is 24.8 Å². The molecule has 5 atom stereocenters. The van der Waals surface area contributed by atoms with Gasteiger partial charge in [0.05, 0.1) is 6.10 Å². The second kappa shape index (κ2) is 5.82. The van der Waals surface area contributed by atoms with Gasteiger partial charge in [-0.05, 0) is 55.7 Å².